The van der Waals surface area contributed by atoms with Crippen molar-refractivity contribution in [1.29, 1.82) is 0 Å². The molecule has 0 bridgehead atoms. The van der Waals surface area contributed by atoms with Gasteiger partial charge in [-0.1, -0.05) is 0 Å². The van der Waals surface area contributed by atoms with E-state index in [1.54, 1.807) is 31.8 Å². The Morgan fingerprint density at radius 2 is 2.07 bits per heavy atom. The maximum absolute atomic E-state index is 5.30. The average molecular weight is 221 g/mol. The fourth-order valence-corrected chi connectivity index (χ4v) is 2.00. The van der Waals surface area contributed by atoms with Crippen molar-refractivity contribution in [3.63, 3.8) is 0 Å². The van der Waals surface area contributed by atoms with Gasteiger partial charge < -0.3 is 9.47 Å². The minimum atomic E-state index is 0.782. The van der Waals surface area contributed by atoms with Crippen LogP contribution in [0.5, 0.6) is 11.5 Å². The lowest BCUT2D eigenvalue weighted by Gasteiger charge is -2.07. The number of benzene rings is 1. The van der Waals surface area contributed by atoms with Crippen LogP contribution < -0.4 is 9.47 Å². The number of rotatable bonds is 3. The third kappa shape index (κ3) is 1.94. The molecule has 1 aromatic heterocycles. The Kier molecular flexibility index (Phi) is 2.87. The Bertz CT molecular complexity index is 440. The van der Waals surface area contributed by atoms with E-state index in [9.17, 15) is 0 Å². The number of aromatic nitrogens is 1. The number of ether oxygens (including phenoxy) is 2. The van der Waals surface area contributed by atoms with Crippen molar-refractivity contribution in [3.05, 3.63) is 29.8 Å². The number of thiazole rings is 1. The first-order valence-electron chi connectivity index (χ1n) is 4.47. The molecule has 0 atom stereocenters. The van der Waals surface area contributed by atoms with Crippen molar-refractivity contribution in [2.45, 2.75) is 0 Å². The van der Waals surface area contributed by atoms with Crippen molar-refractivity contribution in [2.24, 2.45) is 0 Å². The molecule has 0 N–H and O–H groups in total. The quantitative estimate of drug-likeness (QED) is 0.798. The van der Waals surface area contributed by atoms with Gasteiger partial charge in [-0.25, -0.2) is 4.98 Å². The second-order valence-corrected chi connectivity index (χ2v) is 3.80. The maximum atomic E-state index is 5.30. The summed E-state index contributed by atoms with van der Waals surface area (Å²) in [6.45, 7) is 0. The summed E-state index contributed by atoms with van der Waals surface area (Å²) in [6.07, 6.45) is 1.78. The van der Waals surface area contributed by atoms with Gasteiger partial charge in [0, 0.05) is 17.6 Å². The summed E-state index contributed by atoms with van der Waals surface area (Å²) in [5.41, 5.74) is 0.994. The zero-order chi connectivity index (χ0) is 10.7. The molecule has 0 saturated heterocycles. The lowest BCUT2D eigenvalue weighted by Crippen LogP contribution is -1.89. The normalized spacial score (nSPS) is 10.0. The molecule has 0 fully saturated rings. The number of hydrogen-bond donors (Lipinski definition) is 0. The molecule has 0 aliphatic rings. The van der Waals surface area contributed by atoms with Gasteiger partial charge in [-0.05, 0) is 12.1 Å². The zero-order valence-electron chi connectivity index (χ0n) is 8.56. The minimum absolute atomic E-state index is 0.782. The molecule has 0 spiro atoms. The molecule has 1 aromatic carbocycles. The minimum Gasteiger partial charge on any atom is -0.497 e. The summed E-state index contributed by atoms with van der Waals surface area (Å²) in [5.74, 6) is 1.57. The molecular weight excluding hydrogens is 210 g/mol. The molecule has 3 nitrogen and oxygen atoms in total. The number of hydrogen-bond acceptors (Lipinski definition) is 4. The second-order valence-electron chi connectivity index (χ2n) is 2.90. The third-order valence-electron chi connectivity index (χ3n) is 2.07. The van der Waals surface area contributed by atoms with Crippen LogP contribution >= 0.6 is 11.3 Å². The highest BCUT2D eigenvalue weighted by Crippen LogP contribution is 2.33. The second kappa shape index (κ2) is 4.31. The first kappa shape index (κ1) is 9.98. The van der Waals surface area contributed by atoms with Crippen molar-refractivity contribution < 1.29 is 9.47 Å². The van der Waals surface area contributed by atoms with Gasteiger partial charge >= 0.3 is 0 Å². The van der Waals surface area contributed by atoms with Crippen molar-refractivity contribution in [2.75, 3.05) is 14.2 Å². The Hall–Kier alpha value is -1.55. The molecular formula is C11H11NO2S. The Balaban J connectivity index is 2.48. The first-order valence-corrected chi connectivity index (χ1v) is 5.35. The van der Waals surface area contributed by atoms with E-state index in [2.05, 4.69) is 4.98 Å². The van der Waals surface area contributed by atoms with Crippen LogP contribution in [0.25, 0.3) is 10.6 Å². The van der Waals surface area contributed by atoms with Gasteiger partial charge in [-0.2, -0.15) is 0 Å². The summed E-state index contributed by atoms with van der Waals surface area (Å²) < 4.78 is 10.4. The molecule has 2 rings (SSSR count). The molecule has 0 unspecified atom stereocenters. The van der Waals surface area contributed by atoms with Crippen molar-refractivity contribution in [3.8, 4) is 22.1 Å². The Morgan fingerprint density at radius 1 is 1.20 bits per heavy atom. The summed E-state index contributed by atoms with van der Waals surface area (Å²) in [6, 6.07) is 5.71. The first-order chi connectivity index (χ1) is 7.35. The van der Waals surface area contributed by atoms with E-state index in [0.29, 0.717) is 0 Å². The van der Waals surface area contributed by atoms with Gasteiger partial charge in [-0.15, -0.1) is 11.3 Å². The van der Waals surface area contributed by atoms with Crippen LogP contribution in [0.4, 0.5) is 0 Å². The van der Waals surface area contributed by atoms with E-state index in [1.807, 2.05) is 23.6 Å². The fraction of sp³-hybridized carbons (Fsp3) is 0.182. The van der Waals surface area contributed by atoms with Gasteiger partial charge in [0.2, 0.25) is 0 Å². The molecule has 0 amide bonds. The SMILES string of the molecule is COc1ccc(-c2nccs2)c(OC)c1. The van der Waals surface area contributed by atoms with E-state index in [0.717, 1.165) is 22.1 Å². The summed E-state index contributed by atoms with van der Waals surface area (Å²) in [5, 5.41) is 2.90. The van der Waals surface area contributed by atoms with Gasteiger partial charge in [0.15, 0.2) is 0 Å². The molecule has 78 valence electrons. The van der Waals surface area contributed by atoms with E-state index < -0.39 is 0 Å². The summed E-state index contributed by atoms with van der Waals surface area (Å²) in [4.78, 5) is 4.25. The molecule has 0 aliphatic carbocycles. The van der Waals surface area contributed by atoms with Gasteiger partial charge in [0.1, 0.15) is 16.5 Å². The van der Waals surface area contributed by atoms with Crippen molar-refractivity contribution >= 4 is 11.3 Å². The van der Waals surface area contributed by atoms with Crippen molar-refractivity contribution in [1.82, 2.24) is 4.98 Å². The average Bonchev–Trinajstić information content (AvgIpc) is 2.81. The fourth-order valence-electron chi connectivity index (χ4n) is 1.33. The molecule has 15 heavy (non-hydrogen) atoms. The Morgan fingerprint density at radius 3 is 2.67 bits per heavy atom. The largest absolute Gasteiger partial charge is 0.497 e. The van der Waals surface area contributed by atoms with Gasteiger partial charge in [0.25, 0.3) is 0 Å². The topological polar surface area (TPSA) is 31.4 Å². The highest BCUT2D eigenvalue weighted by molar-refractivity contribution is 7.13. The highest BCUT2D eigenvalue weighted by atomic mass is 32.1. The van der Waals surface area contributed by atoms with Gasteiger partial charge in [-0.3, -0.25) is 0 Å². The molecule has 1 heterocycles. The molecule has 4 heteroatoms. The van der Waals surface area contributed by atoms with Crippen LogP contribution in [0.2, 0.25) is 0 Å². The maximum Gasteiger partial charge on any atom is 0.132 e. The van der Waals surface area contributed by atoms with E-state index in [4.69, 9.17) is 9.47 Å². The predicted octanol–water partition coefficient (Wildman–Crippen LogP) is 2.83. The summed E-state index contributed by atoms with van der Waals surface area (Å²) in [7, 11) is 3.28. The van der Waals surface area contributed by atoms with Crippen LogP contribution in [0, 0.1) is 0 Å². The third-order valence-corrected chi connectivity index (χ3v) is 2.88. The van der Waals surface area contributed by atoms with Gasteiger partial charge in [0.05, 0.1) is 19.8 Å². The number of methoxy groups -OCH3 is 2. The van der Waals surface area contributed by atoms with E-state index in [-0.39, 0.29) is 0 Å². The highest BCUT2D eigenvalue weighted by Gasteiger charge is 2.08. The lowest BCUT2D eigenvalue weighted by atomic mass is 10.2. The van der Waals surface area contributed by atoms with Crippen LogP contribution in [0.3, 0.4) is 0 Å². The monoisotopic (exact) mass is 221 g/mol. The predicted molar refractivity (Wildman–Crippen MR) is 60.7 cm³/mol. The summed E-state index contributed by atoms with van der Waals surface area (Å²) >= 11 is 1.59. The van der Waals surface area contributed by atoms with Crippen LogP contribution in [0.1, 0.15) is 0 Å². The van der Waals surface area contributed by atoms with Crippen LogP contribution in [-0.2, 0) is 0 Å². The zero-order valence-corrected chi connectivity index (χ0v) is 9.38. The van der Waals surface area contributed by atoms with E-state index in [1.165, 1.54) is 0 Å². The van der Waals surface area contributed by atoms with Crippen LogP contribution in [0.15, 0.2) is 29.8 Å². The molecule has 0 saturated carbocycles. The lowest BCUT2D eigenvalue weighted by molar-refractivity contribution is 0.395. The molecule has 2 aromatic rings. The smallest absolute Gasteiger partial charge is 0.132 e. The Labute approximate surface area is 92.3 Å². The molecule has 0 radical (unpaired) electrons. The van der Waals surface area contributed by atoms with E-state index >= 15 is 0 Å². The molecule has 0 aliphatic heterocycles. The number of nitrogens with zero attached hydrogens (tertiary/aromatic N) is 1. The standard InChI is InChI=1S/C11H11NO2S/c1-13-8-3-4-9(10(7-8)14-2)11-12-5-6-15-11/h3-7H,1-2H3. The van der Waals surface area contributed by atoms with Crippen LogP contribution in [-0.4, -0.2) is 19.2 Å².